The van der Waals surface area contributed by atoms with Crippen LogP contribution in [0.5, 0.6) is 0 Å². The van der Waals surface area contributed by atoms with Crippen molar-refractivity contribution in [3.8, 4) is 5.69 Å². The molecule has 1 heterocycles. The summed E-state index contributed by atoms with van der Waals surface area (Å²) in [4.78, 5) is 35.2. The molecule has 0 spiro atoms. The van der Waals surface area contributed by atoms with E-state index in [1.807, 2.05) is 26.0 Å². The van der Waals surface area contributed by atoms with Crippen molar-refractivity contribution in [1.82, 2.24) is 15.1 Å². The van der Waals surface area contributed by atoms with Crippen LogP contribution in [0.3, 0.4) is 0 Å². The minimum atomic E-state index is -1.10. The monoisotopic (exact) mass is 317 g/mol. The van der Waals surface area contributed by atoms with E-state index in [1.165, 1.54) is 4.68 Å². The maximum Gasteiger partial charge on any atom is 0.326 e. The first-order chi connectivity index (χ1) is 10.9. The lowest BCUT2D eigenvalue weighted by atomic mass is 10.1. The van der Waals surface area contributed by atoms with E-state index in [0.29, 0.717) is 18.5 Å². The van der Waals surface area contributed by atoms with Crippen LogP contribution in [-0.4, -0.2) is 32.8 Å². The quantitative estimate of drug-likeness (QED) is 0.750. The molecule has 7 nitrogen and oxygen atoms in total. The predicted octanol–water partition coefficient (Wildman–Crippen LogP) is 1.46. The Morgan fingerprint density at radius 2 is 1.96 bits per heavy atom. The van der Waals surface area contributed by atoms with Gasteiger partial charge in [0, 0.05) is 6.07 Å². The molecular weight excluding hydrogens is 298 g/mol. The number of hydrogen-bond donors (Lipinski definition) is 3. The van der Waals surface area contributed by atoms with Crippen LogP contribution in [0, 0.1) is 6.92 Å². The maximum absolute atomic E-state index is 12.1. The number of carboxylic acids is 1. The van der Waals surface area contributed by atoms with Crippen molar-refractivity contribution in [2.24, 2.45) is 0 Å². The van der Waals surface area contributed by atoms with Gasteiger partial charge in [0.1, 0.15) is 11.7 Å². The third kappa shape index (κ3) is 3.88. The van der Waals surface area contributed by atoms with Gasteiger partial charge in [-0.15, -0.1) is 0 Å². The van der Waals surface area contributed by atoms with E-state index in [1.54, 1.807) is 12.1 Å². The smallest absolute Gasteiger partial charge is 0.326 e. The molecule has 0 aliphatic rings. The second-order valence-electron chi connectivity index (χ2n) is 5.33. The molecule has 23 heavy (non-hydrogen) atoms. The van der Waals surface area contributed by atoms with Gasteiger partial charge in [0.2, 0.25) is 0 Å². The predicted molar refractivity (Wildman–Crippen MR) is 84.9 cm³/mol. The zero-order chi connectivity index (χ0) is 17.0. The largest absolute Gasteiger partial charge is 0.480 e. The number of nitrogens with zero attached hydrogens (tertiary/aromatic N) is 1. The summed E-state index contributed by atoms with van der Waals surface area (Å²) in [6.07, 6.45) is 0.947. The molecule has 0 saturated carbocycles. The minimum absolute atomic E-state index is 0.0259. The van der Waals surface area contributed by atoms with Crippen LogP contribution in [0.15, 0.2) is 35.1 Å². The van der Waals surface area contributed by atoms with Gasteiger partial charge in [-0.25, -0.2) is 9.48 Å². The highest BCUT2D eigenvalue weighted by Crippen LogP contribution is 2.07. The Morgan fingerprint density at radius 3 is 2.52 bits per heavy atom. The van der Waals surface area contributed by atoms with Gasteiger partial charge in [-0.2, -0.15) is 0 Å². The van der Waals surface area contributed by atoms with Crippen LogP contribution < -0.4 is 10.9 Å². The molecule has 0 bridgehead atoms. The second-order valence-corrected chi connectivity index (χ2v) is 5.33. The van der Waals surface area contributed by atoms with Crippen LogP contribution in [0.25, 0.3) is 5.69 Å². The molecular formula is C16H19N3O4. The van der Waals surface area contributed by atoms with Gasteiger partial charge in [-0.05, 0) is 25.5 Å². The minimum Gasteiger partial charge on any atom is -0.480 e. The number of carboxylic acid groups (broad SMARTS) is 1. The lowest BCUT2D eigenvalue weighted by molar-refractivity contribution is -0.139. The summed E-state index contributed by atoms with van der Waals surface area (Å²) < 4.78 is 1.24. The average Bonchev–Trinajstić information content (AvgIpc) is 2.89. The van der Waals surface area contributed by atoms with E-state index in [2.05, 4.69) is 10.4 Å². The zero-order valence-electron chi connectivity index (χ0n) is 13.0. The van der Waals surface area contributed by atoms with Crippen molar-refractivity contribution in [1.29, 1.82) is 0 Å². The first kappa shape index (κ1) is 16.5. The Bertz CT molecular complexity index is 758. The number of nitrogens with one attached hydrogen (secondary N) is 2. The number of carbonyl (C=O) groups is 2. The van der Waals surface area contributed by atoms with E-state index in [-0.39, 0.29) is 11.3 Å². The fourth-order valence-corrected chi connectivity index (χ4v) is 2.18. The molecule has 1 amide bonds. The number of amides is 1. The van der Waals surface area contributed by atoms with E-state index >= 15 is 0 Å². The van der Waals surface area contributed by atoms with Crippen molar-refractivity contribution in [2.75, 3.05) is 0 Å². The SMILES string of the molecule is CCCC(NC(=O)c1cc(=O)n(-c2ccc(C)cc2)[nH]1)C(=O)O. The fraction of sp³-hybridized carbons (Fsp3) is 0.312. The Hall–Kier alpha value is -2.83. The number of hydrogen-bond acceptors (Lipinski definition) is 3. The normalized spacial score (nSPS) is 11.9. The molecule has 0 fully saturated rings. The van der Waals surface area contributed by atoms with Crippen LogP contribution in [0.2, 0.25) is 0 Å². The fourth-order valence-electron chi connectivity index (χ4n) is 2.18. The molecule has 1 unspecified atom stereocenters. The molecule has 0 aliphatic carbocycles. The molecule has 0 radical (unpaired) electrons. The number of H-pyrrole nitrogens is 1. The highest BCUT2D eigenvalue weighted by Gasteiger charge is 2.21. The number of benzene rings is 1. The topological polar surface area (TPSA) is 104 Å². The summed E-state index contributed by atoms with van der Waals surface area (Å²) in [5.41, 5.74) is 1.29. The van der Waals surface area contributed by atoms with Crippen molar-refractivity contribution in [2.45, 2.75) is 32.7 Å². The van der Waals surface area contributed by atoms with Crippen LogP contribution in [-0.2, 0) is 4.79 Å². The van der Waals surface area contributed by atoms with Gasteiger partial charge >= 0.3 is 5.97 Å². The number of aryl methyl sites for hydroxylation is 1. The van der Waals surface area contributed by atoms with Crippen LogP contribution in [0.4, 0.5) is 0 Å². The Labute approximate surface area is 132 Å². The van der Waals surface area contributed by atoms with Crippen LogP contribution in [0.1, 0.15) is 35.8 Å². The summed E-state index contributed by atoms with van der Waals surface area (Å²) >= 11 is 0. The number of carbonyl (C=O) groups excluding carboxylic acids is 1. The average molecular weight is 317 g/mol. The third-order valence-corrected chi connectivity index (χ3v) is 3.44. The first-order valence-electron chi connectivity index (χ1n) is 7.35. The van der Waals surface area contributed by atoms with E-state index in [0.717, 1.165) is 11.6 Å². The van der Waals surface area contributed by atoms with Crippen molar-refractivity contribution >= 4 is 11.9 Å². The molecule has 2 aromatic rings. The molecule has 2 rings (SSSR count). The standard InChI is InChI=1S/C16H19N3O4/c1-3-4-12(16(22)23)17-15(21)13-9-14(20)19(18-13)11-7-5-10(2)6-8-11/h5-9,12,18H,3-4H2,1-2H3,(H,17,21)(H,22,23). The lowest BCUT2D eigenvalue weighted by Gasteiger charge is -2.12. The van der Waals surface area contributed by atoms with Crippen molar-refractivity contribution < 1.29 is 14.7 Å². The highest BCUT2D eigenvalue weighted by molar-refractivity contribution is 5.94. The molecule has 0 aliphatic heterocycles. The Morgan fingerprint density at radius 1 is 1.30 bits per heavy atom. The molecule has 3 N–H and O–H groups in total. The molecule has 122 valence electrons. The van der Waals surface area contributed by atoms with Gasteiger partial charge in [-0.3, -0.25) is 14.7 Å². The lowest BCUT2D eigenvalue weighted by Crippen LogP contribution is -2.40. The molecule has 1 aromatic carbocycles. The van der Waals surface area contributed by atoms with Crippen molar-refractivity contribution in [3.63, 3.8) is 0 Å². The molecule has 1 aromatic heterocycles. The molecule has 0 saturated heterocycles. The summed E-state index contributed by atoms with van der Waals surface area (Å²) in [6.45, 7) is 3.76. The zero-order valence-corrected chi connectivity index (χ0v) is 13.0. The van der Waals surface area contributed by atoms with Gasteiger partial charge in [0.05, 0.1) is 5.69 Å². The summed E-state index contributed by atoms with van der Waals surface area (Å²) in [7, 11) is 0. The molecule has 1 atom stereocenters. The van der Waals surface area contributed by atoms with E-state index in [9.17, 15) is 14.4 Å². The van der Waals surface area contributed by atoms with E-state index in [4.69, 9.17) is 5.11 Å². The second kappa shape index (κ2) is 6.95. The highest BCUT2D eigenvalue weighted by atomic mass is 16.4. The maximum atomic E-state index is 12.1. The summed E-state index contributed by atoms with van der Waals surface area (Å²) in [6, 6.07) is 7.39. The van der Waals surface area contributed by atoms with E-state index < -0.39 is 17.9 Å². The Kier molecular flexibility index (Phi) is 5.00. The van der Waals surface area contributed by atoms with Gasteiger partial charge in [0.25, 0.3) is 11.5 Å². The number of rotatable bonds is 6. The van der Waals surface area contributed by atoms with Crippen LogP contribution >= 0.6 is 0 Å². The Balaban J connectivity index is 2.23. The summed E-state index contributed by atoms with van der Waals surface area (Å²) in [5, 5.41) is 14.2. The van der Waals surface area contributed by atoms with Gasteiger partial charge in [0.15, 0.2) is 0 Å². The van der Waals surface area contributed by atoms with Crippen molar-refractivity contribution in [3.05, 3.63) is 51.9 Å². The molecule has 7 heteroatoms. The number of aromatic amines is 1. The first-order valence-corrected chi connectivity index (χ1v) is 7.35. The van der Waals surface area contributed by atoms with Gasteiger partial charge < -0.3 is 10.4 Å². The number of aromatic nitrogens is 2. The third-order valence-electron chi connectivity index (χ3n) is 3.44. The summed E-state index contributed by atoms with van der Waals surface area (Å²) in [5.74, 6) is -1.71. The van der Waals surface area contributed by atoms with Gasteiger partial charge in [-0.1, -0.05) is 31.0 Å². The number of aliphatic carboxylic acids is 1.